The van der Waals surface area contributed by atoms with Gasteiger partial charge in [0.15, 0.2) is 11.2 Å². The average molecular weight is 437 g/mol. The first-order chi connectivity index (χ1) is 14.9. The number of hydrogen-bond donors (Lipinski definition) is 4. The summed E-state index contributed by atoms with van der Waals surface area (Å²) in [5.74, 6) is 0.533. The van der Waals surface area contributed by atoms with Crippen molar-refractivity contribution in [3.63, 3.8) is 0 Å². The summed E-state index contributed by atoms with van der Waals surface area (Å²) in [6.45, 7) is 0.278. The number of rotatable bonds is 14. The monoisotopic (exact) mass is 436 g/mol. The fourth-order valence-electron chi connectivity index (χ4n) is 3.65. The molecule has 31 heavy (non-hydrogen) atoms. The van der Waals surface area contributed by atoms with Crippen LogP contribution in [-0.4, -0.2) is 49.3 Å². The number of imidazole rings is 1. The van der Waals surface area contributed by atoms with Crippen molar-refractivity contribution in [3.8, 4) is 0 Å². The number of aromatic nitrogens is 4. The number of fused-ring (bicyclic) bond motifs is 1. The molecular weight excluding hydrogens is 400 g/mol. The van der Waals surface area contributed by atoms with Crippen LogP contribution in [0.5, 0.6) is 0 Å². The normalized spacial score (nSPS) is 12.4. The second-order valence-electron chi connectivity index (χ2n) is 8.09. The second-order valence-corrected chi connectivity index (χ2v) is 8.09. The van der Waals surface area contributed by atoms with E-state index in [0.29, 0.717) is 17.7 Å². The number of aryl methyl sites for hydroxylation is 3. The van der Waals surface area contributed by atoms with Gasteiger partial charge in [0.05, 0.1) is 6.61 Å². The number of unbranched alkanes of at least 4 members (excludes halogenated alkanes) is 8. The van der Waals surface area contributed by atoms with Crippen molar-refractivity contribution in [2.45, 2.75) is 70.3 Å². The summed E-state index contributed by atoms with van der Waals surface area (Å²) in [6.07, 6.45) is 10.8. The van der Waals surface area contributed by atoms with E-state index < -0.39 is 17.3 Å². The molecule has 5 N–H and O–H groups in total. The number of aliphatic hydroxyl groups is 1. The van der Waals surface area contributed by atoms with Gasteiger partial charge in [0, 0.05) is 27.1 Å². The van der Waals surface area contributed by atoms with Gasteiger partial charge in [0.25, 0.3) is 5.56 Å². The van der Waals surface area contributed by atoms with Gasteiger partial charge in [-0.05, 0) is 12.8 Å². The molecule has 0 spiro atoms. The van der Waals surface area contributed by atoms with Gasteiger partial charge in [-0.1, -0.05) is 44.9 Å². The molecule has 174 valence electrons. The number of carbonyl (C=O) groups excluding carboxylic acids is 1. The van der Waals surface area contributed by atoms with Crippen molar-refractivity contribution in [1.82, 2.24) is 24.4 Å². The Morgan fingerprint density at radius 3 is 2.23 bits per heavy atom. The Hall–Kier alpha value is -2.46. The molecular formula is C21H36N6O4. The Balaban J connectivity index is 1.56. The quantitative estimate of drug-likeness (QED) is 0.316. The lowest BCUT2D eigenvalue weighted by molar-refractivity contribution is -0.123. The Morgan fingerprint density at radius 1 is 1.03 bits per heavy atom. The van der Waals surface area contributed by atoms with Crippen LogP contribution in [0.25, 0.3) is 11.2 Å². The van der Waals surface area contributed by atoms with Crippen LogP contribution in [0.15, 0.2) is 9.59 Å². The van der Waals surface area contributed by atoms with Crippen LogP contribution in [0, 0.1) is 0 Å². The molecule has 2 rings (SSSR count). The molecule has 0 saturated heterocycles. The van der Waals surface area contributed by atoms with Crippen LogP contribution in [0.3, 0.4) is 0 Å². The third kappa shape index (κ3) is 7.03. The fourth-order valence-corrected chi connectivity index (χ4v) is 3.65. The lowest BCUT2D eigenvalue weighted by atomic mass is 10.1. The first-order valence-corrected chi connectivity index (χ1v) is 11.2. The largest absolute Gasteiger partial charge is 0.394 e. The van der Waals surface area contributed by atoms with Crippen molar-refractivity contribution >= 4 is 17.1 Å². The molecule has 0 aliphatic heterocycles. The van der Waals surface area contributed by atoms with E-state index in [1.807, 2.05) is 7.05 Å². The lowest BCUT2D eigenvalue weighted by Crippen LogP contribution is -2.43. The maximum absolute atomic E-state index is 12.1. The van der Waals surface area contributed by atoms with E-state index in [0.717, 1.165) is 50.8 Å². The van der Waals surface area contributed by atoms with Gasteiger partial charge < -0.3 is 20.7 Å². The van der Waals surface area contributed by atoms with Crippen LogP contribution in [-0.2, 0) is 25.3 Å². The van der Waals surface area contributed by atoms with Gasteiger partial charge in [-0.3, -0.25) is 19.1 Å². The number of aliphatic hydroxyl groups excluding tert-OH is 1. The molecule has 10 nitrogen and oxygen atoms in total. The highest BCUT2D eigenvalue weighted by atomic mass is 16.3. The molecule has 2 aromatic rings. The van der Waals surface area contributed by atoms with Crippen LogP contribution in [0.4, 0.5) is 0 Å². The van der Waals surface area contributed by atoms with E-state index in [4.69, 9.17) is 10.8 Å². The van der Waals surface area contributed by atoms with E-state index in [1.165, 1.54) is 23.8 Å². The molecule has 0 aromatic carbocycles. The topological polar surface area (TPSA) is 148 Å². The van der Waals surface area contributed by atoms with Crippen molar-refractivity contribution in [2.24, 2.45) is 19.8 Å². The van der Waals surface area contributed by atoms with Gasteiger partial charge in [-0.2, -0.15) is 0 Å². The van der Waals surface area contributed by atoms with Crippen molar-refractivity contribution in [1.29, 1.82) is 0 Å². The molecule has 0 bridgehead atoms. The SMILES string of the molecule is Cn1c(CCCCCCCCCCCNC(=O)C(N)CO)nc2c1c(=O)[nH]c(=O)n2C. The summed E-state index contributed by atoms with van der Waals surface area (Å²) in [4.78, 5) is 42.0. The summed E-state index contributed by atoms with van der Waals surface area (Å²) in [6, 6.07) is -0.826. The average Bonchev–Trinajstić information content (AvgIpc) is 3.08. The van der Waals surface area contributed by atoms with E-state index in [-0.39, 0.29) is 12.5 Å². The first-order valence-electron chi connectivity index (χ1n) is 11.2. The minimum Gasteiger partial charge on any atom is -0.394 e. The highest BCUT2D eigenvalue weighted by Gasteiger charge is 2.14. The zero-order valence-electron chi connectivity index (χ0n) is 18.7. The summed E-state index contributed by atoms with van der Waals surface area (Å²) in [5.41, 5.74) is 5.46. The molecule has 2 heterocycles. The smallest absolute Gasteiger partial charge is 0.329 e. The van der Waals surface area contributed by atoms with E-state index in [2.05, 4.69) is 15.3 Å². The molecule has 1 atom stereocenters. The van der Waals surface area contributed by atoms with Gasteiger partial charge in [-0.15, -0.1) is 0 Å². The third-order valence-corrected chi connectivity index (χ3v) is 5.64. The molecule has 0 fully saturated rings. The van der Waals surface area contributed by atoms with Crippen molar-refractivity contribution in [3.05, 3.63) is 26.7 Å². The molecule has 0 saturated carbocycles. The Morgan fingerprint density at radius 2 is 1.61 bits per heavy atom. The van der Waals surface area contributed by atoms with Crippen LogP contribution < -0.4 is 22.3 Å². The summed E-state index contributed by atoms with van der Waals surface area (Å²) < 4.78 is 3.16. The van der Waals surface area contributed by atoms with Gasteiger partial charge >= 0.3 is 5.69 Å². The number of nitrogens with one attached hydrogen (secondary N) is 2. The lowest BCUT2D eigenvalue weighted by Gasteiger charge is -2.09. The molecule has 1 amide bonds. The summed E-state index contributed by atoms with van der Waals surface area (Å²) in [5, 5.41) is 11.5. The van der Waals surface area contributed by atoms with E-state index >= 15 is 0 Å². The van der Waals surface area contributed by atoms with Gasteiger partial charge in [0.2, 0.25) is 5.91 Å². The number of nitrogens with zero attached hydrogens (tertiary/aromatic N) is 3. The minimum atomic E-state index is -0.826. The van der Waals surface area contributed by atoms with Crippen LogP contribution >= 0.6 is 0 Å². The zero-order valence-corrected chi connectivity index (χ0v) is 18.7. The predicted molar refractivity (Wildman–Crippen MR) is 120 cm³/mol. The maximum Gasteiger partial charge on any atom is 0.329 e. The van der Waals surface area contributed by atoms with Gasteiger partial charge in [0.1, 0.15) is 11.9 Å². The standard InChI is InChI=1S/C21H36N6O4/c1-26-16(24-18-17(26)20(30)25-21(31)27(18)2)12-10-8-6-4-3-5-7-9-11-13-23-19(29)15(22)14-28/h15,28H,3-14,22H2,1-2H3,(H,23,29)(H,25,30,31). The van der Waals surface area contributed by atoms with Crippen molar-refractivity contribution in [2.75, 3.05) is 13.2 Å². The maximum atomic E-state index is 12.1. The number of aromatic amines is 1. The Bertz CT molecular complexity index is 961. The van der Waals surface area contributed by atoms with Crippen LogP contribution in [0.1, 0.15) is 63.6 Å². The van der Waals surface area contributed by atoms with E-state index in [9.17, 15) is 14.4 Å². The van der Waals surface area contributed by atoms with Crippen molar-refractivity contribution < 1.29 is 9.90 Å². The zero-order chi connectivity index (χ0) is 22.8. The Labute approximate surface area is 181 Å². The Kier molecular flexibility index (Phi) is 9.93. The molecule has 0 aliphatic carbocycles. The summed E-state index contributed by atoms with van der Waals surface area (Å²) in [7, 11) is 3.43. The summed E-state index contributed by atoms with van der Waals surface area (Å²) >= 11 is 0. The number of carbonyl (C=O) groups is 1. The minimum absolute atomic E-state index is 0.294. The highest BCUT2D eigenvalue weighted by molar-refractivity contribution is 5.81. The third-order valence-electron chi connectivity index (χ3n) is 5.64. The molecule has 2 aromatic heterocycles. The van der Waals surface area contributed by atoms with E-state index in [1.54, 1.807) is 11.6 Å². The molecule has 0 radical (unpaired) electrons. The number of hydrogen-bond acceptors (Lipinski definition) is 6. The predicted octanol–water partition coefficient (Wildman–Crippen LogP) is 0.450. The molecule has 0 aliphatic rings. The van der Waals surface area contributed by atoms with Crippen LogP contribution in [0.2, 0.25) is 0 Å². The highest BCUT2D eigenvalue weighted by Crippen LogP contribution is 2.14. The first kappa shape index (κ1) is 24.8. The molecule has 1 unspecified atom stereocenters. The number of nitrogens with two attached hydrogens (primary N) is 1. The van der Waals surface area contributed by atoms with Gasteiger partial charge in [-0.25, -0.2) is 9.78 Å². The fraction of sp³-hybridized carbons (Fsp3) is 0.714. The number of H-pyrrole nitrogens is 1. The molecule has 10 heteroatoms. The second kappa shape index (κ2) is 12.4. The number of amides is 1.